The van der Waals surface area contributed by atoms with Gasteiger partial charge in [0.25, 0.3) is 0 Å². The van der Waals surface area contributed by atoms with E-state index in [4.69, 9.17) is 19.9 Å². The lowest BCUT2D eigenvalue weighted by atomic mass is 9.97. The zero-order valence-electron chi connectivity index (χ0n) is 15.0. The van der Waals surface area contributed by atoms with Crippen molar-refractivity contribution in [3.8, 4) is 0 Å². The largest absolute Gasteiger partial charge is 0.425 e. The van der Waals surface area contributed by atoms with Crippen molar-refractivity contribution >= 4 is 29.6 Å². The van der Waals surface area contributed by atoms with E-state index in [1.807, 2.05) is 0 Å². The Morgan fingerprint density at radius 1 is 1.36 bits per heavy atom. The van der Waals surface area contributed by atoms with E-state index in [1.54, 1.807) is 20.8 Å². The summed E-state index contributed by atoms with van der Waals surface area (Å²) in [5, 5.41) is -0.289. The number of esters is 2. The maximum atomic E-state index is 12.6. The van der Waals surface area contributed by atoms with E-state index in [-0.39, 0.29) is 23.6 Å². The molecule has 0 aromatic carbocycles. The van der Waals surface area contributed by atoms with Crippen LogP contribution in [-0.2, 0) is 28.6 Å². The number of methoxy groups -OCH3 is 1. The Morgan fingerprint density at radius 2 is 2.00 bits per heavy atom. The topological polar surface area (TPSA) is 108 Å². The Morgan fingerprint density at radius 3 is 2.56 bits per heavy atom. The maximum absolute atomic E-state index is 12.6. The zero-order valence-corrected chi connectivity index (χ0v) is 15.8. The molecular weight excluding hydrogens is 348 g/mol. The summed E-state index contributed by atoms with van der Waals surface area (Å²) in [5.74, 6) is -1.04. The minimum Gasteiger partial charge on any atom is -0.425 e. The molecule has 3 atom stereocenters. The summed E-state index contributed by atoms with van der Waals surface area (Å²) in [5.41, 5.74) is 5.85. The van der Waals surface area contributed by atoms with Gasteiger partial charge in [-0.15, -0.1) is 11.8 Å². The van der Waals surface area contributed by atoms with Crippen molar-refractivity contribution in [3.63, 3.8) is 0 Å². The van der Waals surface area contributed by atoms with E-state index < -0.39 is 29.7 Å². The van der Waals surface area contributed by atoms with Crippen LogP contribution in [0.3, 0.4) is 0 Å². The summed E-state index contributed by atoms with van der Waals surface area (Å²) < 4.78 is 15.5. The van der Waals surface area contributed by atoms with Gasteiger partial charge in [-0.3, -0.25) is 14.5 Å². The summed E-state index contributed by atoms with van der Waals surface area (Å²) >= 11 is 1.48. The number of carbonyl (C=O) groups excluding carboxylic acids is 3. The first-order valence-electron chi connectivity index (χ1n) is 7.91. The average Bonchev–Trinajstić information content (AvgIpc) is 2.52. The molecule has 0 bridgehead atoms. The van der Waals surface area contributed by atoms with E-state index in [1.165, 1.54) is 30.7 Å². The Hall–Kier alpha value is -1.58. The summed E-state index contributed by atoms with van der Waals surface area (Å²) in [7, 11) is 1.50. The van der Waals surface area contributed by atoms with Crippen LogP contribution in [0.2, 0.25) is 0 Å². The van der Waals surface area contributed by atoms with Crippen molar-refractivity contribution in [2.75, 3.05) is 19.5 Å². The molecule has 0 radical (unpaired) electrons. The van der Waals surface area contributed by atoms with Gasteiger partial charge in [-0.1, -0.05) is 0 Å². The second-order valence-corrected chi connectivity index (χ2v) is 8.05. The van der Waals surface area contributed by atoms with Gasteiger partial charge in [0, 0.05) is 19.8 Å². The standard InChI is InChI=1S/C16H24N2O6S/c1-8(24-15(21)16(2,3)4)23-14(20)11-9(6-22-5)7-25-13-10(17)12(19)18(11)13/h8,10,13H,6-7,17H2,1-5H3/t8-,10?,13-/m1/s1. The van der Waals surface area contributed by atoms with Gasteiger partial charge in [0.15, 0.2) is 0 Å². The van der Waals surface area contributed by atoms with Crippen molar-refractivity contribution in [1.82, 2.24) is 4.90 Å². The molecule has 140 valence electrons. The summed E-state index contributed by atoms with van der Waals surface area (Å²) in [6.07, 6.45) is -1.08. The van der Waals surface area contributed by atoms with Gasteiger partial charge < -0.3 is 19.9 Å². The molecule has 25 heavy (non-hydrogen) atoms. The van der Waals surface area contributed by atoms with E-state index in [0.717, 1.165) is 0 Å². The highest BCUT2D eigenvalue weighted by Gasteiger charge is 2.52. The number of hydrogen-bond donors (Lipinski definition) is 1. The van der Waals surface area contributed by atoms with Gasteiger partial charge in [-0.2, -0.15) is 0 Å². The molecule has 0 saturated carbocycles. The predicted octanol–water partition coefficient (Wildman–Crippen LogP) is 0.608. The van der Waals surface area contributed by atoms with Crippen LogP contribution in [0.1, 0.15) is 27.7 Å². The Labute approximate surface area is 151 Å². The molecule has 2 heterocycles. The molecule has 2 aliphatic heterocycles. The second kappa shape index (κ2) is 7.35. The first kappa shape index (κ1) is 19.7. The number of β-lactam (4-membered cyclic amide) rings is 1. The lowest BCUT2D eigenvalue weighted by Crippen LogP contribution is -2.68. The van der Waals surface area contributed by atoms with E-state index in [2.05, 4.69) is 0 Å². The van der Waals surface area contributed by atoms with Gasteiger partial charge >= 0.3 is 11.9 Å². The third kappa shape index (κ3) is 3.99. The van der Waals surface area contributed by atoms with E-state index in [9.17, 15) is 14.4 Å². The molecule has 2 rings (SSSR count). The van der Waals surface area contributed by atoms with Crippen molar-refractivity contribution in [3.05, 3.63) is 11.3 Å². The van der Waals surface area contributed by atoms with Gasteiger partial charge in [0.2, 0.25) is 12.2 Å². The van der Waals surface area contributed by atoms with Crippen LogP contribution in [0.5, 0.6) is 0 Å². The Kier molecular flexibility index (Phi) is 5.80. The van der Waals surface area contributed by atoms with E-state index >= 15 is 0 Å². The number of ether oxygens (including phenoxy) is 3. The monoisotopic (exact) mass is 372 g/mol. The zero-order chi connectivity index (χ0) is 18.9. The maximum Gasteiger partial charge on any atom is 0.358 e. The number of fused-ring (bicyclic) bond motifs is 1. The second-order valence-electron chi connectivity index (χ2n) is 6.95. The number of nitrogens with zero attached hydrogens (tertiary/aromatic N) is 1. The molecule has 0 spiro atoms. The molecule has 1 fully saturated rings. The highest BCUT2D eigenvalue weighted by molar-refractivity contribution is 8.00. The fourth-order valence-electron chi connectivity index (χ4n) is 2.41. The average molecular weight is 372 g/mol. The normalized spacial score (nSPS) is 24.4. The Bertz CT molecular complexity index is 612. The minimum absolute atomic E-state index is 0.135. The van der Waals surface area contributed by atoms with Gasteiger partial charge in [0.05, 0.1) is 12.0 Å². The van der Waals surface area contributed by atoms with Crippen molar-refractivity contribution < 1.29 is 28.6 Å². The smallest absolute Gasteiger partial charge is 0.358 e. The molecule has 2 N–H and O–H groups in total. The minimum atomic E-state index is -1.08. The van der Waals surface area contributed by atoms with Crippen LogP contribution in [0.25, 0.3) is 0 Å². The summed E-state index contributed by atoms with van der Waals surface area (Å²) in [6, 6.07) is -0.631. The van der Waals surface area contributed by atoms with Gasteiger partial charge in [-0.05, 0) is 26.3 Å². The fraction of sp³-hybridized carbons (Fsp3) is 0.688. The predicted molar refractivity (Wildman–Crippen MR) is 91.1 cm³/mol. The highest BCUT2D eigenvalue weighted by atomic mass is 32.2. The van der Waals surface area contributed by atoms with Crippen LogP contribution < -0.4 is 5.73 Å². The molecular formula is C16H24N2O6S. The van der Waals surface area contributed by atoms with Crippen LogP contribution in [-0.4, -0.2) is 59.9 Å². The molecule has 8 nitrogen and oxygen atoms in total. The molecule has 9 heteroatoms. The lowest BCUT2D eigenvalue weighted by molar-refractivity contribution is -0.190. The highest BCUT2D eigenvalue weighted by Crippen LogP contribution is 2.39. The van der Waals surface area contributed by atoms with Crippen LogP contribution in [0.4, 0.5) is 0 Å². The first-order chi connectivity index (χ1) is 11.6. The molecule has 1 amide bonds. The van der Waals surface area contributed by atoms with Crippen molar-refractivity contribution in [2.24, 2.45) is 11.1 Å². The number of carbonyl (C=O) groups is 3. The number of nitrogens with two attached hydrogens (primary N) is 1. The third-order valence-corrected chi connectivity index (χ3v) is 5.12. The molecule has 0 aliphatic carbocycles. The third-order valence-electron chi connectivity index (χ3n) is 3.76. The molecule has 1 saturated heterocycles. The van der Waals surface area contributed by atoms with E-state index in [0.29, 0.717) is 11.3 Å². The van der Waals surface area contributed by atoms with Crippen molar-refractivity contribution in [1.29, 1.82) is 0 Å². The lowest BCUT2D eigenvalue weighted by Gasteiger charge is -2.48. The number of amides is 1. The molecule has 1 unspecified atom stereocenters. The SMILES string of the molecule is COCC1=C(C(=O)O[C@@H](C)OC(=O)C(C)(C)C)N2C(=O)C(N)[C@H]2SC1. The Balaban J connectivity index is 2.14. The van der Waals surface area contributed by atoms with Crippen LogP contribution in [0.15, 0.2) is 11.3 Å². The summed E-state index contributed by atoms with van der Waals surface area (Å²) in [4.78, 5) is 37.9. The van der Waals surface area contributed by atoms with Crippen LogP contribution in [0, 0.1) is 5.41 Å². The van der Waals surface area contributed by atoms with Gasteiger partial charge in [0.1, 0.15) is 17.1 Å². The molecule has 0 aromatic heterocycles. The van der Waals surface area contributed by atoms with Gasteiger partial charge in [-0.25, -0.2) is 4.79 Å². The number of thioether (sulfide) groups is 1. The molecule has 2 aliphatic rings. The number of hydrogen-bond acceptors (Lipinski definition) is 8. The van der Waals surface area contributed by atoms with Crippen molar-refractivity contribution in [2.45, 2.75) is 45.4 Å². The summed E-state index contributed by atoms with van der Waals surface area (Å²) in [6.45, 7) is 6.75. The van der Waals surface area contributed by atoms with Crippen LogP contribution >= 0.6 is 11.8 Å². The first-order valence-corrected chi connectivity index (χ1v) is 8.96. The number of rotatable bonds is 5. The quantitative estimate of drug-likeness (QED) is 0.425. The molecule has 0 aromatic rings. The fourth-order valence-corrected chi connectivity index (χ4v) is 3.69.